The molecule has 0 saturated carbocycles. The number of rotatable bonds is 4. The predicted molar refractivity (Wildman–Crippen MR) is 78.3 cm³/mol. The van der Waals surface area contributed by atoms with Crippen molar-refractivity contribution in [2.24, 2.45) is 0 Å². The summed E-state index contributed by atoms with van der Waals surface area (Å²) in [5.74, 6) is -0.691. The summed E-state index contributed by atoms with van der Waals surface area (Å²) in [6.07, 6.45) is 0. The van der Waals surface area contributed by atoms with Crippen molar-refractivity contribution in [2.75, 3.05) is 12.4 Å². The SMILES string of the molecule is CNC(=O)c1ccc(CNc2cccc(F)c2C#N)cc1. The molecule has 0 saturated heterocycles. The Labute approximate surface area is 122 Å². The number of hydrogen-bond donors (Lipinski definition) is 2. The largest absolute Gasteiger partial charge is 0.380 e. The van der Waals surface area contributed by atoms with Crippen LogP contribution in [0.15, 0.2) is 42.5 Å². The lowest BCUT2D eigenvalue weighted by molar-refractivity contribution is 0.0963. The molecule has 2 aromatic carbocycles. The fourth-order valence-electron chi connectivity index (χ4n) is 1.90. The number of carbonyl (C=O) groups is 1. The van der Waals surface area contributed by atoms with Crippen molar-refractivity contribution in [3.05, 3.63) is 65.0 Å². The van der Waals surface area contributed by atoms with Crippen LogP contribution >= 0.6 is 0 Å². The van der Waals surface area contributed by atoms with Gasteiger partial charge in [-0.2, -0.15) is 5.26 Å². The lowest BCUT2D eigenvalue weighted by atomic mass is 10.1. The Bertz CT molecular complexity index is 690. The van der Waals surface area contributed by atoms with Crippen LogP contribution in [0.3, 0.4) is 0 Å². The van der Waals surface area contributed by atoms with E-state index in [4.69, 9.17) is 5.26 Å². The van der Waals surface area contributed by atoms with E-state index in [9.17, 15) is 9.18 Å². The highest BCUT2D eigenvalue weighted by Crippen LogP contribution is 2.18. The van der Waals surface area contributed by atoms with Crippen LogP contribution in [0.25, 0.3) is 0 Å². The second-order valence-electron chi connectivity index (χ2n) is 4.40. The molecular formula is C16H14FN3O. The minimum Gasteiger partial charge on any atom is -0.380 e. The van der Waals surface area contributed by atoms with Gasteiger partial charge in [0.2, 0.25) is 0 Å². The van der Waals surface area contributed by atoms with Gasteiger partial charge in [0.25, 0.3) is 5.91 Å². The summed E-state index contributed by atoms with van der Waals surface area (Å²) in [6, 6.07) is 13.3. The summed E-state index contributed by atoms with van der Waals surface area (Å²) in [4.78, 5) is 11.4. The first-order chi connectivity index (χ1) is 10.2. The zero-order valence-electron chi connectivity index (χ0n) is 11.5. The van der Waals surface area contributed by atoms with E-state index in [0.29, 0.717) is 17.8 Å². The molecule has 0 unspecified atom stereocenters. The number of benzene rings is 2. The zero-order chi connectivity index (χ0) is 15.2. The van der Waals surface area contributed by atoms with Crippen molar-refractivity contribution in [1.82, 2.24) is 5.32 Å². The third-order valence-electron chi connectivity index (χ3n) is 3.05. The van der Waals surface area contributed by atoms with Gasteiger partial charge in [-0.3, -0.25) is 4.79 Å². The third kappa shape index (κ3) is 3.37. The zero-order valence-corrected chi connectivity index (χ0v) is 11.5. The summed E-state index contributed by atoms with van der Waals surface area (Å²) >= 11 is 0. The summed E-state index contributed by atoms with van der Waals surface area (Å²) in [5.41, 5.74) is 1.95. The van der Waals surface area contributed by atoms with Gasteiger partial charge in [-0.1, -0.05) is 18.2 Å². The van der Waals surface area contributed by atoms with E-state index in [1.165, 1.54) is 6.07 Å². The van der Waals surface area contributed by atoms with Gasteiger partial charge in [0, 0.05) is 19.2 Å². The minimum atomic E-state index is -0.544. The van der Waals surface area contributed by atoms with Gasteiger partial charge in [-0.15, -0.1) is 0 Å². The number of amides is 1. The summed E-state index contributed by atoms with van der Waals surface area (Å²) in [5, 5.41) is 14.5. The molecule has 0 fully saturated rings. The molecule has 0 aliphatic heterocycles. The Hall–Kier alpha value is -2.87. The van der Waals surface area contributed by atoms with E-state index >= 15 is 0 Å². The first kappa shape index (κ1) is 14.5. The smallest absolute Gasteiger partial charge is 0.251 e. The molecule has 5 heteroatoms. The van der Waals surface area contributed by atoms with Crippen LogP contribution in [0, 0.1) is 17.1 Å². The minimum absolute atomic E-state index is 0.000481. The van der Waals surface area contributed by atoms with Crippen LogP contribution in [-0.2, 0) is 6.54 Å². The van der Waals surface area contributed by atoms with Crippen molar-refractivity contribution in [3.8, 4) is 6.07 Å². The van der Waals surface area contributed by atoms with Gasteiger partial charge in [0.05, 0.1) is 5.69 Å². The molecule has 0 radical (unpaired) electrons. The number of nitrogens with one attached hydrogen (secondary N) is 2. The summed E-state index contributed by atoms with van der Waals surface area (Å²) < 4.78 is 13.5. The topological polar surface area (TPSA) is 64.9 Å². The Balaban J connectivity index is 2.09. The molecule has 0 aromatic heterocycles. The van der Waals surface area contributed by atoms with Crippen molar-refractivity contribution >= 4 is 11.6 Å². The Morgan fingerprint density at radius 3 is 2.57 bits per heavy atom. The van der Waals surface area contributed by atoms with Gasteiger partial charge >= 0.3 is 0 Å². The van der Waals surface area contributed by atoms with E-state index in [1.807, 2.05) is 18.2 Å². The van der Waals surface area contributed by atoms with Crippen LogP contribution in [0.2, 0.25) is 0 Å². The molecule has 1 amide bonds. The maximum atomic E-state index is 13.5. The lowest BCUT2D eigenvalue weighted by Crippen LogP contribution is -2.17. The van der Waals surface area contributed by atoms with Crippen molar-refractivity contribution in [2.45, 2.75) is 6.54 Å². The Morgan fingerprint density at radius 2 is 1.95 bits per heavy atom. The quantitative estimate of drug-likeness (QED) is 0.906. The molecule has 0 bridgehead atoms. The van der Waals surface area contributed by atoms with Crippen LogP contribution < -0.4 is 10.6 Å². The first-order valence-corrected chi connectivity index (χ1v) is 6.39. The van der Waals surface area contributed by atoms with Gasteiger partial charge in [0.15, 0.2) is 0 Å². The van der Waals surface area contributed by atoms with Crippen LogP contribution in [0.4, 0.5) is 10.1 Å². The van der Waals surface area contributed by atoms with Gasteiger partial charge < -0.3 is 10.6 Å². The highest BCUT2D eigenvalue weighted by Gasteiger charge is 2.07. The number of hydrogen-bond acceptors (Lipinski definition) is 3. The van der Waals surface area contributed by atoms with E-state index in [0.717, 1.165) is 5.56 Å². The molecule has 0 heterocycles. The molecule has 0 aliphatic rings. The highest BCUT2D eigenvalue weighted by molar-refractivity contribution is 5.93. The normalized spacial score (nSPS) is 9.76. The standard InChI is InChI=1S/C16H14FN3O/c1-19-16(21)12-7-5-11(6-8-12)10-20-15-4-2-3-14(17)13(15)9-18/h2-8,20H,10H2,1H3,(H,19,21). The second-order valence-corrected chi connectivity index (χ2v) is 4.40. The van der Waals surface area contributed by atoms with Gasteiger partial charge in [-0.05, 0) is 29.8 Å². The van der Waals surface area contributed by atoms with E-state index in [1.54, 1.807) is 31.3 Å². The molecule has 4 nitrogen and oxygen atoms in total. The number of carbonyl (C=O) groups excluding carboxylic acids is 1. The van der Waals surface area contributed by atoms with Crippen LogP contribution in [0.5, 0.6) is 0 Å². The molecule has 2 N–H and O–H groups in total. The molecule has 106 valence electrons. The molecule has 2 aromatic rings. The number of nitrogens with zero attached hydrogens (tertiary/aromatic N) is 1. The van der Waals surface area contributed by atoms with Crippen LogP contribution in [0.1, 0.15) is 21.5 Å². The maximum absolute atomic E-state index is 13.5. The highest BCUT2D eigenvalue weighted by atomic mass is 19.1. The molecule has 0 aliphatic carbocycles. The average molecular weight is 283 g/mol. The summed E-state index contributed by atoms with van der Waals surface area (Å²) in [6.45, 7) is 0.437. The fourth-order valence-corrected chi connectivity index (χ4v) is 1.90. The van der Waals surface area contributed by atoms with E-state index in [2.05, 4.69) is 10.6 Å². The first-order valence-electron chi connectivity index (χ1n) is 6.39. The number of nitriles is 1. The van der Waals surface area contributed by atoms with E-state index in [-0.39, 0.29) is 11.5 Å². The van der Waals surface area contributed by atoms with Gasteiger partial charge in [0.1, 0.15) is 17.4 Å². The molecule has 0 atom stereocenters. The summed E-state index contributed by atoms with van der Waals surface area (Å²) in [7, 11) is 1.57. The molecular weight excluding hydrogens is 269 g/mol. The fraction of sp³-hybridized carbons (Fsp3) is 0.125. The Morgan fingerprint density at radius 1 is 1.24 bits per heavy atom. The number of anilines is 1. The lowest BCUT2D eigenvalue weighted by Gasteiger charge is -2.09. The van der Waals surface area contributed by atoms with Crippen LogP contribution in [-0.4, -0.2) is 13.0 Å². The van der Waals surface area contributed by atoms with Crippen molar-refractivity contribution < 1.29 is 9.18 Å². The molecule has 2 rings (SSSR count). The monoisotopic (exact) mass is 283 g/mol. The average Bonchev–Trinajstić information content (AvgIpc) is 2.52. The Kier molecular flexibility index (Phi) is 4.52. The molecule has 0 spiro atoms. The predicted octanol–water partition coefficient (Wildman–Crippen LogP) is 2.67. The van der Waals surface area contributed by atoms with E-state index < -0.39 is 5.82 Å². The maximum Gasteiger partial charge on any atom is 0.251 e. The van der Waals surface area contributed by atoms with Crippen molar-refractivity contribution in [1.29, 1.82) is 5.26 Å². The third-order valence-corrected chi connectivity index (χ3v) is 3.05. The second kappa shape index (κ2) is 6.53. The molecule has 21 heavy (non-hydrogen) atoms. The number of halogens is 1. The van der Waals surface area contributed by atoms with Crippen molar-refractivity contribution in [3.63, 3.8) is 0 Å². The van der Waals surface area contributed by atoms with Gasteiger partial charge in [-0.25, -0.2) is 4.39 Å².